The van der Waals surface area contributed by atoms with Crippen LogP contribution >= 0.6 is 0 Å². The fourth-order valence-electron chi connectivity index (χ4n) is 3.21. The van der Waals surface area contributed by atoms with Gasteiger partial charge in [-0.2, -0.15) is 0 Å². The highest BCUT2D eigenvalue weighted by molar-refractivity contribution is 5.88. The average molecular weight is 294 g/mol. The van der Waals surface area contributed by atoms with Gasteiger partial charge in [0.05, 0.1) is 5.92 Å². The fraction of sp³-hybridized carbons (Fsp3) is 0.800. The molecule has 3 rings (SSSR count). The normalized spacial score (nSPS) is 26.2. The van der Waals surface area contributed by atoms with Crippen LogP contribution in [0.5, 0.6) is 0 Å². The number of ether oxygens (including phenoxy) is 1. The molecule has 1 heterocycles. The summed E-state index contributed by atoms with van der Waals surface area (Å²) in [5.74, 6) is -1.03. The van der Waals surface area contributed by atoms with Crippen molar-refractivity contribution in [3.05, 3.63) is 0 Å². The van der Waals surface area contributed by atoms with Crippen LogP contribution in [0.15, 0.2) is 0 Å². The van der Waals surface area contributed by atoms with Crippen molar-refractivity contribution in [3.63, 3.8) is 0 Å². The number of likely N-dealkylation sites (tertiary alicyclic amines) is 1. The minimum atomic E-state index is -0.421. The van der Waals surface area contributed by atoms with E-state index in [-0.39, 0.29) is 30.9 Å². The van der Waals surface area contributed by atoms with E-state index in [0.717, 1.165) is 38.5 Å². The van der Waals surface area contributed by atoms with Crippen molar-refractivity contribution < 1.29 is 19.1 Å². The van der Waals surface area contributed by atoms with Crippen LogP contribution < -0.4 is 5.32 Å². The Balaban J connectivity index is 1.44. The van der Waals surface area contributed by atoms with E-state index in [1.807, 2.05) is 4.90 Å². The van der Waals surface area contributed by atoms with Gasteiger partial charge in [0, 0.05) is 25.0 Å². The molecule has 0 bridgehead atoms. The van der Waals surface area contributed by atoms with E-state index in [2.05, 4.69) is 5.32 Å². The molecule has 1 N–H and O–H groups in total. The number of hydrogen-bond acceptors (Lipinski definition) is 4. The molecule has 0 aromatic carbocycles. The van der Waals surface area contributed by atoms with Crippen molar-refractivity contribution in [2.45, 2.75) is 57.0 Å². The van der Waals surface area contributed by atoms with E-state index in [1.165, 1.54) is 0 Å². The summed E-state index contributed by atoms with van der Waals surface area (Å²) >= 11 is 0. The number of esters is 1. The van der Waals surface area contributed by atoms with Gasteiger partial charge in [-0.15, -0.1) is 0 Å². The maximum atomic E-state index is 12.0. The highest BCUT2D eigenvalue weighted by Gasteiger charge is 2.39. The summed E-state index contributed by atoms with van der Waals surface area (Å²) in [4.78, 5) is 37.3. The van der Waals surface area contributed by atoms with Gasteiger partial charge < -0.3 is 15.0 Å². The fourth-order valence-corrected chi connectivity index (χ4v) is 3.21. The molecule has 1 aliphatic heterocycles. The molecule has 3 fully saturated rings. The van der Waals surface area contributed by atoms with E-state index in [1.54, 1.807) is 0 Å². The van der Waals surface area contributed by atoms with Crippen LogP contribution in [-0.2, 0) is 19.1 Å². The Morgan fingerprint density at radius 1 is 1.19 bits per heavy atom. The number of rotatable bonds is 5. The molecule has 0 aromatic heterocycles. The predicted molar refractivity (Wildman–Crippen MR) is 74.2 cm³/mol. The molecule has 1 atom stereocenters. The molecular weight excluding hydrogens is 272 g/mol. The summed E-state index contributed by atoms with van der Waals surface area (Å²) < 4.78 is 5.05. The third kappa shape index (κ3) is 3.54. The van der Waals surface area contributed by atoms with Gasteiger partial charge in [0.25, 0.3) is 5.91 Å². The predicted octanol–water partition coefficient (Wildman–Crippen LogP) is 0.599. The van der Waals surface area contributed by atoms with Crippen molar-refractivity contribution >= 4 is 17.8 Å². The second kappa shape index (κ2) is 6.03. The first-order chi connectivity index (χ1) is 10.1. The number of amides is 2. The minimum Gasteiger partial charge on any atom is -0.455 e. The average Bonchev–Trinajstić information content (AvgIpc) is 2.96. The van der Waals surface area contributed by atoms with Gasteiger partial charge in [0.15, 0.2) is 6.61 Å². The summed E-state index contributed by atoms with van der Waals surface area (Å²) in [7, 11) is 0. The van der Waals surface area contributed by atoms with Crippen molar-refractivity contribution in [2.24, 2.45) is 5.92 Å². The van der Waals surface area contributed by atoms with Crippen LogP contribution in [-0.4, -0.2) is 47.9 Å². The van der Waals surface area contributed by atoms with Crippen LogP contribution in [0.25, 0.3) is 0 Å². The zero-order valence-corrected chi connectivity index (χ0v) is 12.2. The van der Waals surface area contributed by atoms with Gasteiger partial charge in [-0.25, -0.2) is 0 Å². The van der Waals surface area contributed by atoms with E-state index in [0.29, 0.717) is 12.6 Å². The van der Waals surface area contributed by atoms with Crippen molar-refractivity contribution in [1.29, 1.82) is 0 Å². The SMILES string of the molecule is O=C(COC(=O)[C@@H]1CC(=O)N(C2CCCC2)C1)NC1CC1. The molecule has 2 saturated carbocycles. The summed E-state index contributed by atoms with van der Waals surface area (Å²) in [5, 5.41) is 2.77. The molecule has 116 valence electrons. The van der Waals surface area contributed by atoms with Crippen molar-refractivity contribution in [1.82, 2.24) is 10.2 Å². The van der Waals surface area contributed by atoms with Gasteiger partial charge in [0.1, 0.15) is 0 Å². The Bertz CT molecular complexity index is 441. The highest BCUT2D eigenvalue weighted by atomic mass is 16.5. The second-order valence-electron chi connectivity index (χ2n) is 6.33. The second-order valence-corrected chi connectivity index (χ2v) is 6.33. The molecule has 0 spiro atoms. The van der Waals surface area contributed by atoms with E-state index in [9.17, 15) is 14.4 Å². The third-order valence-electron chi connectivity index (χ3n) is 4.55. The quantitative estimate of drug-likeness (QED) is 0.753. The zero-order valence-electron chi connectivity index (χ0n) is 12.2. The summed E-state index contributed by atoms with van der Waals surface area (Å²) in [6, 6.07) is 0.565. The molecule has 6 nitrogen and oxygen atoms in total. The third-order valence-corrected chi connectivity index (χ3v) is 4.55. The Morgan fingerprint density at radius 3 is 2.57 bits per heavy atom. The molecule has 0 aromatic rings. The van der Waals surface area contributed by atoms with Crippen LogP contribution in [0, 0.1) is 5.92 Å². The number of hydrogen-bond donors (Lipinski definition) is 1. The Morgan fingerprint density at radius 2 is 1.90 bits per heavy atom. The van der Waals surface area contributed by atoms with E-state index >= 15 is 0 Å². The van der Waals surface area contributed by atoms with Crippen molar-refractivity contribution in [3.8, 4) is 0 Å². The Hall–Kier alpha value is -1.59. The molecular formula is C15H22N2O4. The highest BCUT2D eigenvalue weighted by Crippen LogP contribution is 2.29. The molecule has 3 aliphatic rings. The number of nitrogens with one attached hydrogen (secondary N) is 1. The van der Waals surface area contributed by atoms with Crippen LogP contribution in [0.1, 0.15) is 44.9 Å². The van der Waals surface area contributed by atoms with Crippen LogP contribution in [0.3, 0.4) is 0 Å². The molecule has 0 unspecified atom stereocenters. The molecule has 1 saturated heterocycles. The molecule has 0 radical (unpaired) electrons. The first kappa shape index (κ1) is 14.4. The lowest BCUT2D eigenvalue weighted by Gasteiger charge is -2.23. The standard InChI is InChI=1S/C15H22N2O4/c18-13(16-11-5-6-11)9-21-15(20)10-7-14(19)17(8-10)12-3-1-2-4-12/h10-12H,1-9H2,(H,16,18)/t10-/m1/s1. The number of carbonyl (C=O) groups excluding carboxylic acids is 3. The summed E-state index contributed by atoms with van der Waals surface area (Å²) in [6.07, 6.45) is 6.63. The minimum absolute atomic E-state index is 0.0475. The van der Waals surface area contributed by atoms with E-state index < -0.39 is 11.9 Å². The lowest BCUT2D eigenvalue weighted by atomic mass is 10.1. The summed E-state index contributed by atoms with van der Waals surface area (Å²) in [5.41, 5.74) is 0. The maximum absolute atomic E-state index is 12.0. The largest absolute Gasteiger partial charge is 0.455 e. The van der Waals surface area contributed by atoms with Crippen LogP contribution in [0.2, 0.25) is 0 Å². The smallest absolute Gasteiger partial charge is 0.311 e. The molecule has 2 amide bonds. The molecule has 2 aliphatic carbocycles. The first-order valence-electron chi connectivity index (χ1n) is 7.89. The topological polar surface area (TPSA) is 75.7 Å². The first-order valence-corrected chi connectivity index (χ1v) is 7.89. The van der Waals surface area contributed by atoms with E-state index in [4.69, 9.17) is 4.74 Å². The monoisotopic (exact) mass is 294 g/mol. The molecule has 21 heavy (non-hydrogen) atoms. The Labute approximate surface area is 124 Å². The lowest BCUT2D eigenvalue weighted by Crippen LogP contribution is -2.35. The lowest BCUT2D eigenvalue weighted by molar-refractivity contribution is -0.152. The summed E-state index contributed by atoms with van der Waals surface area (Å²) in [6.45, 7) is 0.218. The molecule has 6 heteroatoms. The Kier molecular flexibility index (Phi) is 4.12. The van der Waals surface area contributed by atoms with Gasteiger partial charge in [-0.05, 0) is 25.7 Å². The van der Waals surface area contributed by atoms with Crippen molar-refractivity contribution in [2.75, 3.05) is 13.2 Å². The number of nitrogens with zero attached hydrogens (tertiary/aromatic N) is 1. The van der Waals surface area contributed by atoms with Gasteiger partial charge in [0.2, 0.25) is 5.91 Å². The maximum Gasteiger partial charge on any atom is 0.311 e. The van der Waals surface area contributed by atoms with Crippen LogP contribution in [0.4, 0.5) is 0 Å². The number of carbonyl (C=O) groups is 3. The van der Waals surface area contributed by atoms with Gasteiger partial charge in [-0.3, -0.25) is 14.4 Å². The van der Waals surface area contributed by atoms with Gasteiger partial charge >= 0.3 is 5.97 Å². The zero-order chi connectivity index (χ0) is 14.8. The van der Waals surface area contributed by atoms with Gasteiger partial charge in [-0.1, -0.05) is 12.8 Å².